The second kappa shape index (κ2) is 11.0. The lowest BCUT2D eigenvalue weighted by molar-refractivity contribution is -0.137. The van der Waals surface area contributed by atoms with Gasteiger partial charge in [-0.2, -0.15) is 13.2 Å². The van der Waals surface area contributed by atoms with Crippen molar-refractivity contribution in [2.24, 2.45) is 5.92 Å². The van der Waals surface area contributed by atoms with Crippen molar-refractivity contribution in [3.63, 3.8) is 0 Å². The summed E-state index contributed by atoms with van der Waals surface area (Å²) < 4.78 is 41.8. The molecule has 3 atom stereocenters. The normalized spacial score (nSPS) is 19.4. The number of halogens is 3. The van der Waals surface area contributed by atoms with Gasteiger partial charge in [0, 0.05) is 16.5 Å². The van der Waals surface area contributed by atoms with Crippen LogP contribution in [0.15, 0.2) is 107 Å². The molecule has 4 aromatic carbocycles. The molecule has 1 aromatic heterocycles. The van der Waals surface area contributed by atoms with E-state index in [1.165, 1.54) is 10.6 Å². The summed E-state index contributed by atoms with van der Waals surface area (Å²) in [5.41, 5.74) is 0.0828. The maximum absolute atomic E-state index is 13.9. The Morgan fingerprint density at radius 1 is 0.822 bits per heavy atom. The molecule has 45 heavy (non-hydrogen) atoms. The summed E-state index contributed by atoms with van der Waals surface area (Å²) >= 11 is 1.90. The molecule has 3 amide bonds. The minimum absolute atomic E-state index is 0.169. The fourth-order valence-corrected chi connectivity index (χ4v) is 8.74. The average molecular weight is 646 g/mol. The van der Waals surface area contributed by atoms with Gasteiger partial charge in [-0.15, -0.1) is 0 Å². The van der Waals surface area contributed by atoms with Gasteiger partial charge < -0.3 is 5.32 Å². The standard InChI is InChI=1S/C33H22F3N3O4S2/c34-33(35,36)21-11-6-12-23(16-21)39-29(41)26-25(19-8-2-1-3-9-19)28-31(44-27(26)30(39)42)38(32(43)45-28)17-24(40)37-22-14-13-18-7-4-5-10-20(18)15-22/h1-16,25-27H,17H2,(H,37,40)/t25-,26?,27?/m1/s1. The van der Waals surface area contributed by atoms with Crippen LogP contribution in [0.2, 0.25) is 0 Å². The second-order valence-corrected chi connectivity index (χ2v) is 12.9. The van der Waals surface area contributed by atoms with Crippen LogP contribution in [-0.2, 0) is 27.1 Å². The number of hydrogen-bond donors (Lipinski definition) is 1. The van der Waals surface area contributed by atoms with E-state index in [4.69, 9.17) is 0 Å². The van der Waals surface area contributed by atoms with Crippen molar-refractivity contribution in [2.45, 2.75) is 28.9 Å². The molecule has 0 radical (unpaired) electrons. The first kappa shape index (κ1) is 29.1. The summed E-state index contributed by atoms with van der Waals surface area (Å²) in [5.74, 6) is -3.46. The van der Waals surface area contributed by atoms with Gasteiger partial charge in [0.15, 0.2) is 0 Å². The molecule has 2 aliphatic rings. The minimum atomic E-state index is -4.66. The number of anilines is 2. The highest BCUT2D eigenvalue weighted by atomic mass is 32.2. The van der Waals surface area contributed by atoms with Crippen LogP contribution < -0.4 is 15.1 Å². The van der Waals surface area contributed by atoms with Crippen LogP contribution in [0.4, 0.5) is 24.5 Å². The molecule has 2 unspecified atom stereocenters. The number of rotatable bonds is 5. The molecule has 1 fully saturated rings. The highest BCUT2D eigenvalue weighted by Crippen LogP contribution is 2.54. The number of thiazole rings is 1. The first-order valence-electron chi connectivity index (χ1n) is 13.9. The number of hydrogen-bond acceptors (Lipinski definition) is 6. The number of alkyl halides is 3. The zero-order valence-corrected chi connectivity index (χ0v) is 24.8. The largest absolute Gasteiger partial charge is 0.416 e. The van der Waals surface area contributed by atoms with E-state index in [1.807, 2.05) is 36.4 Å². The topological polar surface area (TPSA) is 88.5 Å². The number of aromatic nitrogens is 1. The summed E-state index contributed by atoms with van der Waals surface area (Å²) in [4.78, 5) is 55.2. The maximum Gasteiger partial charge on any atom is 0.416 e. The van der Waals surface area contributed by atoms with Crippen molar-refractivity contribution in [1.82, 2.24) is 4.57 Å². The van der Waals surface area contributed by atoms with Gasteiger partial charge in [0.1, 0.15) is 11.8 Å². The molecule has 0 aliphatic carbocycles. The molecule has 7 nitrogen and oxygen atoms in total. The number of imide groups is 1. The third kappa shape index (κ3) is 5.13. The Morgan fingerprint density at radius 2 is 1.56 bits per heavy atom. The van der Waals surface area contributed by atoms with Crippen molar-refractivity contribution >= 4 is 63.0 Å². The molecule has 1 N–H and O–H groups in total. The van der Waals surface area contributed by atoms with Crippen LogP contribution in [-0.4, -0.2) is 27.5 Å². The Balaban J connectivity index is 1.25. The van der Waals surface area contributed by atoms with E-state index in [2.05, 4.69) is 5.32 Å². The summed E-state index contributed by atoms with van der Waals surface area (Å²) in [7, 11) is 0. The van der Waals surface area contributed by atoms with E-state index in [0.29, 0.717) is 21.2 Å². The Hall–Kier alpha value is -4.68. The number of carbonyl (C=O) groups is 3. The highest BCUT2D eigenvalue weighted by molar-refractivity contribution is 8.00. The number of amides is 3. The Morgan fingerprint density at radius 3 is 2.31 bits per heavy atom. The van der Waals surface area contributed by atoms with Crippen LogP contribution in [0.5, 0.6) is 0 Å². The van der Waals surface area contributed by atoms with Gasteiger partial charge in [-0.1, -0.05) is 89.8 Å². The number of thioether (sulfide) groups is 1. The van der Waals surface area contributed by atoms with Crippen LogP contribution in [0, 0.1) is 5.92 Å². The van der Waals surface area contributed by atoms with E-state index in [-0.39, 0.29) is 12.2 Å². The van der Waals surface area contributed by atoms with Crippen LogP contribution >= 0.6 is 23.1 Å². The van der Waals surface area contributed by atoms with Gasteiger partial charge in [-0.3, -0.25) is 23.7 Å². The van der Waals surface area contributed by atoms with Crippen LogP contribution in [0.25, 0.3) is 10.8 Å². The third-order valence-electron chi connectivity index (χ3n) is 7.97. The van der Waals surface area contributed by atoms with Crippen LogP contribution in [0.1, 0.15) is 21.9 Å². The molecule has 226 valence electrons. The van der Waals surface area contributed by atoms with E-state index >= 15 is 0 Å². The average Bonchev–Trinajstić information content (AvgIpc) is 3.47. The number of nitrogens with one attached hydrogen (secondary N) is 1. The fraction of sp³-hybridized carbons (Fsp3) is 0.152. The molecule has 5 aromatic rings. The van der Waals surface area contributed by atoms with E-state index in [0.717, 1.165) is 57.0 Å². The Labute approximate surface area is 262 Å². The maximum atomic E-state index is 13.9. The third-order valence-corrected chi connectivity index (χ3v) is 10.6. The monoisotopic (exact) mass is 645 g/mol. The van der Waals surface area contributed by atoms with Crippen molar-refractivity contribution in [3.05, 3.63) is 123 Å². The molecule has 0 saturated carbocycles. The fourth-order valence-electron chi connectivity index (χ4n) is 5.96. The predicted molar refractivity (Wildman–Crippen MR) is 167 cm³/mol. The minimum Gasteiger partial charge on any atom is -0.325 e. The lowest BCUT2D eigenvalue weighted by Gasteiger charge is -2.30. The summed E-state index contributed by atoms with van der Waals surface area (Å²) in [6.07, 6.45) is -4.66. The first-order chi connectivity index (χ1) is 21.6. The van der Waals surface area contributed by atoms with Gasteiger partial charge in [0.25, 0.3) is 0 Å². The number of benzene rings is 4. The number of nitrogens with zero attached hydrogens (tertiary/aromatic N) is 2. The quantitative estimate of drug-likeness (QED) is 0.220. The summed E-state index contributed by atoms with van der Waals surface area (Å²) in [5, 5.41) is 4.14. The molecule has 3 heterocycles. The molecular weight excluding hydrogens is 624 g/mol. The Bertz CT molecular complexity index is 2060. The second-order valence-electron chi connectivity index (χ2n) is 10.7. The molecule has 0 bridgehead atoms. The summed E-state index contributed by atoms with van der Waals surface area (Å²) in [6, 6.07) is 26.2. The molecule has 1 saturated heterocycles. The zero-order valence-electron chi connectivity index (χ0n) is 23.2. The molecular formula is C33H22F3N3O4S2. The SMILES string of the molecule is O=C(Cn1c2c(sc1=O)[C@H](c1ccccc1)C1C(=O)N(c3cccc(C(F)(F)F)c3)C(=O)C1S2)Nc1ccc2ccccc2c1. The smallest absolute Gasteiger partial charge is 0.325 e. The zero-order chi connectivity index (χ0) is 31.5. The van der Waals surface area contributed by atoms with Gasteiger partial charge in [0.2, 0.25) is 17.7 Å². The van der Waals surface area contributed by atoms with Crippen molar-refractivity contribution in [1.29, 1.82) is 0 Å². The van der Waals surface area contributed by atoms with Crippen molar-refractivity contribution < 1.29 is 27.6 Å². The van der Waals surface area contributed by atoms with E-state index in [1.54, 1.807) is 36.4 Å². The lowest BCUT2D eigenvalue weighted by atomic mass is 9.83. The number of fused-ring (bicyclic) bond motifs is 3. The van der Waals surface area contributed by atoms with E-state index < -0.39 is 51.4 Å². The van der Waals surface area contributed by atoms with Gasteiger partial charge in [-0.25, -0.2) is 4.90 Å². The molecule has 2 aliphatic heterocycles. The number of carbonyl (C=O) groups excluding carboxylic acids is 3. The Kier molecular flexibility index (Phi) is 7.13. The van der Waals surface area contributed by atoms with Crippen molar-refractivity contribution in [3.8, 4) is 0 Å². The predicted octanol–water partition coefficient (Wildman–Crippen LogP) is 6.52. The van der Waals surface area contributed by atoms with Gasteiger partial charge >= 0.3 is 11.0 Å². The molecule has 12 heteroatoms. The summed E-state index contributed by atoms with van der Waals surface area (Å²) in [6.45, 7) is -0.330. The van der Waals surface area contributed by atoms with E-state index in [9.17, 15) is 32.3 Å². The lowest BCUT2D eigenvalue weighted by Crippen LogP contribution is -2.33. The highest BCUT2D eigenvalue weighted by Gasteiger charge is 2.57. The van der Waals surface area contributed by atoms with Crippen LogP contribution in [0.3, 0.4) is 0 Å². The first-order valence-corrected chi connectivity index (χ1v) is 15.6. The van der Waals surface area contributed by atoms with Gasteiger partial charge in [0.05, 0.1) is 22.2 Å². The van der Waals surface area contributed by atoms with Gasteiger partial charge in [-0.05, 0) is 46.7 Å². The van der Waals surface area contributed by atoms with Crippen molar-refractivity contribution in [2.75, 3.05) is 10.2 Å². The molecule has 7 rings (SSSR count). The molecule has 0 spiro atoms.